The smallest absolute Gasteiger partial charge is 0.262 e. The first kappa shape index (κ1) is 21.9. The number of hydrogen-bond donors (Lipinski definition) is 1. The topological polar surface area (TPSA) is 54.3 Å². The number of likely N-dealkylation sites (tertiary alicyclic amines) is 1. The van der Waals surface area contributed by atoms with Gasteiger partial charge in [0.2, 0.25) is 0 Å². The molecule has 0 aliphatic carbocycles. The molecular weight excluding hydrogens is 465 g/mol. The van der Waals surface area contributed by atoms with Crippen LogP contribution in [-0.4, -0.2) is 40.9 Å². The highest BCUT2D eigenvalue weighted by Gasteiger charge is 2.42. The number of para-hydroxylation sites is 1. The fourth-order valence-electron chi connectivity index (χ4n) is 5.51. The molecule has 0 radical (unpaired) electrons. The number of carbonyl (C=O) groups excluding carboxylic acids is 2. The molecule has 5 nitrogen and oxygen atoms in total. The molecule has 3 aromatic carbocycles. The lowest BCUT2D eigenvalue weighted by atomic mass is 9.74. The van der Waals surface area contributed by atoms with Crippen molar-refractivity contribution in [2.45, 2.75) is 18.3 Å². The third-order valence-corrected chi connectivity index (χ3v) is 7.65. The van der Waals surface area contributed by atoms with Crippen LogP contribution in [0.1, 0.15) is 39.1 Å². The van der Waals surface area contributed by atoms with Crippen molar-refractivity contribution in [3.05, 3.63) is 100 Å². The van der Waals surface area contributed by atoms with Gasteiger partial charge < -0.3 is 10.2 Å². The first-order valence-electron chi connectivity index (χ1n) is 11.7. The Balaban J connectivity index is 1.32. The van der Waals surface area contributed by atoms with E-state index < -0.39 is 11.7 Å². The van der Waals surface area contributed by atoms with Crippen molar-refractivity contribution >= 4 is 40.0 Å². The second kappa shape index (κ2) is 8.24. The highest BCUT2D eigenvalue weighted by atomic mass is 35.5. The molecule has 6 rings (SSSR count). The molecule has 0 bridgehead atoms. The Morgan fingerprint density at radius 2 is 1.74 bits per heavy atom. The Hall–Kier alpha value is -3.64. The van der Waals surface area contributed by atoms with E-state index in [2.05, 4.69) is 23.5 Å². The van der Waals surface area contributed by atoms with Crippen molar-refractivity contribution in [2.24, 2.45) is 0 Å². The molecule has 0 atom stereocenters. The van der Waals surface area contributed by atoms with Gasteiger partial charge in [-0.15, -0.1) is 0 Å². The Kier molecular flexibility index (Phi) is 5.15. The van der Waals surface area contributed by atoms with Crippen LogP contribution >= 0.6 is 11.6 Å². The summed E-state index contributed by atoms with van der Waals surface area (Å²) in [5.41, 5.74) is 3.73. The highest BCUT2D eigenvalue weighted by Crippen LogP contribution is 2.44. The molecule has 3 heterocycles. The summed E-state index contributed by atoms with van der Waals surface area (Å²) in [5.74, 6) is -1.02. The van der Waals surface area contributed by atoms with Crippen LogP contribution in [0.3, 0.4) is 0 Å². The summed E-state index contributed by atoms with van der Waals surface area (Å²) >= 11 is 6.23. The van der Waals surface area contributed by atoms with E-state index in [4.69, 9.17) is 11.6 Å². The van der Waals surface area contributed by atoms with Crippen LogP contribution in [0.25, 0.3) is 10.9 Å². The SMILES string of the molecule is O=C(c1cn(C(=O)c2cccc(F)c2)c2cc(Cl)ccc12)N1CCC2(CC1)CNc1ccccc12. The largest absolute Gasteiger partial charge is 0.384 e. The number of nitrogens with zero attached hydrogens (tertiary/aromatic N) is 2. The van der Waals surface area contributed by atoms with Gasteiger partial charge in [-0.2, -0.15) is 0 Å². The molecule has 1 spiro atoms. The molecule has 1 saturated heterocycles. The number of piperidine rings is 1. The molecule has 0 unspecified atom stereocenters. The lowest BCUT2D eigenvalue weighted by molar-refractivity contribution is 0.0678. The molecule has 2 aliphatic rings. The molecule has 0 saturated carbocycles. The molecule has 176 valence electrons. The van der Waals surface area contributed by atoms with Crippen LogP contribution in [0.2, 0.25) is 5.02 Å². The molecule has 7 heteroatoms. The van der Waals surface area contributed by atoms with E-state index in [1.165, 1.54) is 34.0 Å². The van der Waals surface area contributed by atoms with Crippen LogP contribution in [-0.2, 0) is 5.41 Å². The Morgan fingerprint density at radius 3 is 2.54 bits per heavy atom. The maximum absolute atomic E-state index is 13.8. The Bertz CT molecular complexity index is 1490. The van der Waals surface area contributed by atoms with Gasteiger partial charge in [-0.1, -0.05) is 41.9 Å². The fraction of sp³-hybridized carbons (Fsp3) is 0.214. The first-order chi connectivity index (χ1) is 16.9. The minimum Gasteiger partial charge on any atom is -0.384 e. The zero-order valence-corrected chi connectivity index (χ0v) is 19.7. The molecule has 1 amide bonds. The number of nitrogens with one attached hydrogen (secondary N) is 1. The summed E-state index contributed by atoms with van der Waals surface area (Å²) in [6.07, 6.45) is 3.30. The zero-order chi connectivity index (χ0) is 24.2. The van der Waals surface area contributed by atoms with E-state index in [0.29, 0.717) is 34.6 Å². The van der Waals surface area contributed by atoms with Gasteiger partial charge in [0.1, 0.15) is 5.82 Å². The minimum atomic E-state index is -0.494. The van der Waals surface area contributed by atoms with Crippen molar-refractivity contribution in [1.82, 2.24) is 9.47 Å². The van der Waals surface area contributed by atoms with Gasteiger partial charge in [0.05, 0.1) is 11.1 Å². The number of hydrogen-bond acceptors (Lipinski definition) is 3. The quantitative estimate of drug-likeness (QED) is 0.393. The van der Waals surface area contributed by atoms with Crippen LogP contribution in [0, 0.1) is 5.82 Å². The number of halogens is 2. The van der Waals surface area contributed by atoms with Crippen molar-refractivity contribution in [1.29, 1.82) is 0 Å². The maximum atomic E-state index is 13.8. The molecule has 4 aromatic rings. The molecule has 1 fully saturated rings. The van der Waals surface area contributed by atoms with Gasteiger partial charge in [-0.3, -0.25) is 14.2 Å². The normalized spacial score (nSPS) is 16.3. The third-order valence-electron chi connectivity index (χ3n) is 7.41. The monoisotopic (exact) mass is 487 g/mol. The molecule has 35 heavy (non-hydrogen) atoms. The van der Waals surface area contributed by atoms with Gasteiger partial charge in [-0.05, 0) is 54.8 Å². The summed E-state index contributed by atoms with van der Waals surface area (Å²) in [5, 5.41) is 4.62. The number of benzene rings is 3. The van der Waals surface area contributed by atoms with Crippen molar-refractivity contribution in [2.75, 3.05) is 25.0 Å². The number of fused-ring (bicyclic) bond motifs is 3. The molecule has 2 aliphatic heterocycles. The van der Waals surface area contributed by atoms with Gasteiger partial charge in [0.25, 0.3) is 11.8 Å². The van der Waals surface area contributed by atoms with E-state index in [9.17, 15) is 14.0 Å². The molecule has 1 N–H and O–H groups in total. The zero-order valence-electron chi connectivity index (χ0n) is 18.9. The Labute approximate surface area is 207 Å². The summed E-state index contributed by atoms with van der Waals surface area (Å²) in [6, 6.07) is 19.1. The summed E-state index contributed by atoms with van der Waals surface area (Å²) < 4.78 is 15.2. The minimum absolute atomic E-state index is 0.0439. The predicted octanol–water partition coefficient (Wildman–Crippen LogP) is 5.72. The van der Waals surface area contributed by atoms with E-state index in [1.807, 2.05) is 11.0 Å². The molecule has 1 aromatic heterocycles. The second-order valence-electron chi connectivity index (χ2n) is 9.36. The van der Waals surface area contributed by atoms with Crippen molar-refractivity contribution in [3.8, 4) is 0 Å². The van der Waals surface area contributed by atoms with E-state index in [1.54, 1.807) is 30.5 Å². The standard InChI is InChI=1S/C28H23ClFN3O2/c29-19-8-9-21-22(16-33(25(21)15-19)26(34)18-4-3-5-20(30)14-18)27(35)32-12-10-28(11-13-32)17-31-24-7-2-1-6-23(24)28/h1-9,14-16,31H,10-13,17H2. The predicted molar refractivity (Wildman–Crippen MR) is 135 cm³/mol. The van der Waals surface area contributed by atoms with Crippen LogP contribution in [0.15, 0.2) is 72.9 Å². The van der Waals surface area contributed by atoms with E-state index in [0.717, 1.165) is 19.4 Å². The number of aromatic nitrogens is 1. The summed E-state index contributed by atoms with van der Waals surface area (Å²) in [4.78, 5) is 28.8. The van der Waals surface area contributed by atoms with E-state index >= 15 is 0 Å². The van der Waals surface area contributed by atoms with Crippen molar-refractivity contribution < 1.29 is 14.0 Å². The average Bonchev–Trinajstić information content (AvgIpc) is 3.42. The van der Waals surface area contributed by atoms with Crippen LogP contribution < -0.4 is 5.32 Å². The van der Waals surface area contributed by atoms with Gasteiger partial charge in [0.15, 0.2) is 0 Å². The number of rotatable bonds is 2. The molecular formula is C28H23ClFN3O2. The van der Waals surface area contributed by atoms with Gasteiger partial charge in [0, 0.05) is 52.9 Å². The summed E-state index contributed by atoms with van der Waals surface area (Å²) in [6.45, 7) is 2.15. The number of carbonyl (C=O) groups is 2. The average molecular weight is 488 g/mol. The maximum Gasteiger partial charge on any atom is 0.262 e. The summed E-state index contributed by atoms with van der Waals surface area (Å²) in [7, 11) is 0. The Morgan fingerprint density at radius 1 is 0.943 bits per heavy atom. The van der Waals surface area contributed by atoms with Crippen molar-refractivity contribution in [3.63, 3.8) is 0 Å². The number of amides is 1. The van der Waals surface area contributed by atoms with Gasteiger partial charge in [-0.25, -0.2) is 4.39 Å². The van der Waals surface area contributed by atoms with Gasteiger partial charge >= 0.3 is 0 Å². The lowest BCUT2D eigenvalue weighted by Gasteiger charge is -2.39. The third kappa shape index (κ3) is 3.60. The van der Waals surface area contributed by atoms with Crippen LogP contribution in [0.5, 0.6) is 0 Å². The fourth-order valence-corrected chi connectivity index (χ4v) is 5.68. The second-order valence-corrected chi connectivity index (χ2v) is 9.80. The lowest BCUT2D eigenvalue weighted by Crippen LogP contribution is -2.46. The number of anilines is 1. The first-order valence-corrected chi connectivity index (χ1v) is 12.1. The van der Waals surface area contributed by atoms with Crippen LogP contribution in [0.4, 0.5) is 10.1 Å². The highest BCUT2D eigenvalue weighted by molar-refractivity contribution is 6.31. The van der Waals surface area contributed by atoms with E-state index in [-0.39, 0.29) is 16.9 Å².